The van der Waals surface area contributed by atoms with Gasteiger partial charge in [-0.1, -0.05) is 218 Å². The summed E-state index contributed by atoms with van der Waals surface area (Å²) >= 11 is 0. The summed E-state index contributed by atoms with van der Waals surface area (Å²) in [7, 11) is 0. The van der Waals surface area contributed by atoms with E-state index < -0.39 is 5.41 Å². The zero-order valence-corrected chi connectivity index (χ0v) is 41.3. The van der Waals surface area contributed by atoms with E-state index in [2.05, 4.69) is 313 Å². The number of hydrogen-bond acceptors (Lipinski definition) is 1. The third-order valence-electron chi connectivity index (χ3n) is 15.4. The Morgan fingerprint density at radius 2 is 0.653 bits per heavy atom. The summed E-state index contributed by atoms with van der Waals surface area (Å²) in [6.07, 6.45) is 0. The molecule has 75 heavy (non-hydrogen) atoms. The van der Waals surface area contributed by atoms with E-state index in [1.54, 1.807) is 0 Å². The predicted octanol–water partition coefficient (Wildman–Crippen LogP) is 19.3. The number of rotatable bonds is 10. The molecule has 1 aliphatic rings. The molecule has 0 amide bonds. The van der Waals surface area contributed by atoms with Crippen molar-refractivity contribution in [2.24, 2.45) is 0 Å². The number of benzene rings is 12. The zero-order valence-electron chi connectivity index (χ0n) is 41.3. The number of hydrogen-bond donors (Lipinski definition) is 0. The van der Waals surface area contributed by atoms with Gasteiger partial charge in [0.15, 0.2) is 0 Å². The molecule has 0 atom stereocenters. The van der Waals surface area contributed by atoms with Crippen molar-refractivity contribution in [1.82, 2.24) is 4.57 Å². The van der Waals surface area contributed by atoms with Crippen molar-refractivity contribution in [2.75, 3.05) is 4.90 Å². The van der Waals surface area contributed by atoms with Gasteiger partial charge in [0.1, 0.15) is 0 Å². The Kier molecular flexibility index (Phi) is 10.8. The first-order chi connectivity index (χ1) is 37.2. The first-order valence-corrected chi connectivity index (χ1v) is 25.9. The molecule has 2 nitrogen and oxygen atoms in total. The van der Waals surface area contributed by atoms with Crippen LogP contribution in [-0.2, 0) is 5.41 Å². The van der Waals surface area contributed by atoms with Gasteiger partial charge in [-0.15, -0.1) is 0 Å². The second-order valence-electron chi connectivity index (χ2n) is 19.7. The van der Waals surface area contributed by atoms with Crippen molar-refractivity contribution < 1.29 is 0 Å². The van der Waals surface area contributed by atoms with Gasteiger partial charge in [0, 0.05) is 27.8 Å². The molecule has 12 aromatic carbocycles. The average Bonchev–Trinajstić information content (AvgIpc) is 3.91. The van der Waals surface area contributed by atoms with E-state index in [0.717, 1.165) is 28.2 Å². The van der Waals surface area contributed by atoms with Crippen molar-refractivity contribution >= 4 is 38.9 Å². The standard InChI is InChI=1S/C73H50N2/c1-7-23-51(24-8-1)53-27-21-29-55(43-53)58-45-59(56-30-22-28-54(44-56)52-25-9-2-10-26-52)47-60(46-58)57-41-42-70-66(48-57)67-49-65(74(63-35-15-5-16-36-63)64-37-17-6-18-38-64)50-69-72(67)75(70)71-40-20-19-39-68(71)73(69,61-31-11-3-12-32-61)62-33-13-4-14-34-62/h1-50H. The molecule has 2 heteroatoms. The number of para-hydroxylation sites is 3. The molecule has 0 radical (unpaired) electrons. The minimum Gasteiger partial charge on any atom is -0.310 e. The van der Waals surface area contributed by atoms with Crippen molar-refractivity contribution in [2.45, 2.75) is 5.41 Å². The van der Waals surface area contributed by atoms with Gasteiger partial charge in [-0.2, -0.15) is 0 Å². The average molecular weight is 955 g/mol. The lowest BCUT2D eigenvalue weighted by atomic mass is 9.63. The van der Waals surface area contributed by atoms with Crippen molar-refractivity contribution in [3.8, 4) is 61.3 Å². The molecular formula is C73H50N2. The number of fused-ring (bicyclic) bond motifs is 5. The van der Waals surface area contributed by atoms with Crippen molar-refractivity contribution in [1.29, 1.82) is 0 Å². The highest BCUT2D eigenvalue weighted by molar-refractivity contribution is 6.15. The molecule has 0 spiro atoms. The molecule has 0 saturated heterocycles. The van der Waals surface area contributed by atoms with Gasteiger partial charge in [0.25, 0.3) is 0 Å². The maximum absolute atomic E-state index is 2.55. The van der Waals surface area contributed by atoms with Crippen LogP contribution in [0, 0.1) is 0 Å². The highest BCUT2D eigenvalue weighted by Gasteiger charge is 2.45. The quantitative estimate of drug-likeness (QED) is 0.133. The van der Waals surface area contributed by atoms with Gasteiger partial charge < -0.3 is 9.47 Å². The molecule has 14 rings (SSSR count). The number of anilines is 3. The molecule has 1 aliphatic heterocycles. The largest absolute Gasteiger partial charge is 0.310 e. The minimum atomic E-state index is -0.661. The first kappa shape index (κ1) is 44.0. The van der Waals surface area contributed by atoms with Gasteiger partial charge in [-0.05, 0) is 163 Å². The molecule has 2 heterocycles. The smallest absolute Gasteiger partial charge is 0.0743 e. The van der Waals surface area contributed by atoms with Crippen LogP contribution in [0.1, 0.15) is 22.3 Å². The Morgan fingerprint density at radius 1 is 0.253 bits per heavy atom. The van der Waals surface area contributed by atoms with Gasteiger partial charge in [0.2, 0.25) is 0 Å². The van der Waals surface area contributed by atoms with Crippen LogP contribution in [0.2, 0.25) is 0 Å². The summed E-state index contributed by atoms with van der Waals surface area (Å²) < 4.78 is 2.55. The van der Waals surface area contributed by atoms with Gasteiger partial charge in [-0.3, -0.25) is 0 Å². The fourth-order valence-corrected chi connectivity index (χ4v) is 12.0. The van der Waals surface area contributed by atoms with Crippen LogP contribution in [0.15, 0.2) is 303 Å². The normalized spacial score (nSPS) is 12.4. The molecule has 0 fully saturated rings. The monoisotopic (exact) mass is 954 g/mol. The summed E-state index contributed by atoms with van der Waals surface area (Å²) in [6, 6.07) is 112. The van der Waals surface area contributed by atoms with E-state index in [9.17, 15) is 0 Å². The zero-order chi connectivity index (χ0) is 49.7. The summed E-state index contributed by atoms with van der Waals surface area (Å²) in [5, 5.41) is 2.40. The number of aromatic nitrogens is 1. The van der Waals surface area contributed by atoms with Crippen LogP contribution >= 0.6 is 0 Å². The molecule has 0 unspecified atom stereocenters. The molecule has 1 aromatic heterocycles. The summed E-state index contributed by atoms with van der Waals surface area (Å²) in [6.45, 7) is 0. The lowest BCUT2D eigenvalue weighted by molar-refractivity contribution is 0.728. The Bertz CT molecular complexity index is 4020. The van der Waals surface area contributed by atoms with E-state index in [1.165, 1.54) is 94.3 Å². The van der Waals surface area contributed by atoms with Gasteiger partial charge in [-0.25, -0.2) is 0 Å². The van der Waals surface area contributed by atoms with Crippen LogP contribution in [0.25, 0.3) is 83.1 Å². The van der Waals surface area contributed by atoms with E-state index in [0.29, 0.717) is 0 Å². The molecule has 0 saturated carbocycles. The second-order valence-corrected chi connectivity index (χ2v) is 19.7. The lowest BCUT2D eigenvalue weighted by Gasteiger charge is -2.42. The van der Waals surface area contributed by atoms with E-state index in [-0.39, 0.29) is 0 Å². The predicted molar refractivity (Wildman–Crippen MR) is 315 cm³/mol. The maximum Gasteiger partial charge on any atom is 0.0743 e. The molecule has 352 valence electrons. The van der Waals surface area contributed by atoms with Crippen LogP contribution in [-0.4, -0.2) is 4.57 Å². The fourth-order valence-electron chi connectivity index (χ4n) is 12.0. The minimum absolute atomic E-state index is 0.661. The van der Waals surface area contributed by atoms with E-state index >= 15 is 0 Å². The van der Waals surface area contributed by atoms with E-state index in [1.807, 2.05) is 0 Å². The Morgan fingerprint density at radius 3 is 1.16 bits per heavy atom. The molecule has 13 aromatic rings. The number of nitrogens with zero attached hydrogens (tertiary/aromatic N) is 2. The van der Waals surface area contributed by atoms with Crippen LogP contribution < -0.4 is 4.90 Å². The Labute approximate surface area is 438 Å². The van der Waals surface area contributed by atoms with Crippen LogP contribution in [0.5, 0.6) is 0 Å². The third kappa shape index (κ3) is 7.49. The molecular weight excluding hydrogens is 905 g/mol. The van der Waals surface area contributed by atoms with Crippen LogP contribution in [0.4, 0.5) is 17.1 Å². The lowest BCUT2D eigenvalue weighted by Crippen LogP contribution is -2.35. The summed E-state index contributed by atoms with van der Waals surface area (Å²) in [4.78, 5) is 2.42. The van der Waals surface area contributed by atoms with E-state index in [4.69, 9.17) is 0 Å². The van der Waals surface area contributed by atoms with Gasteiger partial charge in [0.05, 0.1) is 22.1 Å². The molecule has 0 aliphatic carbocycles. The maximum atomic E-state index is 2.55. The van der Waals surface area contributed by atoms with Crippen molar-refractivity contribution in [3.63, 3.8) is 0 Å². The Hall–Kier alpha value is -9.76. The van der Waals surface area contributed by atoms with Gasteiger partial charge >= 0.3 is 0 Å². The van der Waals surface area contributed by atoms with Crippen molar-refractivity contribution in [3.05, 3.63) is 326 Å². The highest BCUT2D eigenvalue weighted by Crippen LogP contribution is 2.56. The third-order valence-corrected chi connectivity index (χ3v) is 15.4. The summed E-state index contributed by atoms with van der Waals surface area (Å²) in [5.74, 6) is 0. The highest BCUT2D eigenvalue weighted by atomic mass is 15.1. The fraction of sp³-hybridized carbons (Fsp3) is 0.0137. The molecule has 0 bridgehead atoms. The SMILES string of the molecule is c1ccc(-c2cccc(-c3cc(-c4cccc(-c5ccccc5)c4)cc(-c4ccc5c(c4)c4cc(N(c6ccccc6)c6ccccc6)cc6c4n5-c4ccccc4C6(c4ccccc4)c4ccccc4)c3)c2)cc1. The second kappa shape index (κ2) is 18.4. The van der Waals surface area contributed by atoms with Crippen LogP contribution in [0.3, 0.4) is 0 Å². The summed E-state index contributed by atoms with van der Waals surface area (Å²) in [5.41, 5.74) is 22.9. The Balaban J connectivity index is 1.06. The topological polar surface area (TPSA) is 8.17 Å². The molecule has 0 N–H and O–H groups in total. The first-order valence-electron chi connectivity index (χ1n) is 25.9.